The number of nitrogens with one attached hydrogen (secondary N) is 1. The molecule has 1 saturated heterocycles. The van der Waals surface area contributed by atoms with Crippen molar-refractivity contribution in [1.29, 1.82) is 5.26 Å². The van der Waals surface area contributed by atoms with E-state index >= 15 is 0 Å². The molecule has 7 nitrogen and oxygen atoms in total. The normalized spacial score (nSPS) is 19.5. The van der Waals surface area contributed by atoms with Crippen LogP contribution in [0.1, 0.15) is 49.2 Å². The summed E-state index contributed by atoms with van der Waals surface area (Å²) < 4.78 is 2.96. The van der Waals surface area contributed by atoms with Gasteiger partial charge in [0.05, 0.1) is 28.4 Å². The molecule has 3 heterocycles. The Balaban J connectivity index is 1.75. The van der Waals surface area contributed by atoms with E-state index in [1.807, 2.05) is 6.07 Å². The van der Waals surface area contributed by atoms with Gasteiger partial charge in [0.2, 0.25) is 5.88 Å². The van der Waals surface area contributed by atoms with Gasteiger partial charge >= 0.3 is 5.69 Å². The Bertz CT molecular complexity index is 1110. The molecule has 0 radical (unpaired) electrons. The van der Waals surface area contributed by atoms with E-state index in [-0.39, 0.29) is 28.7 Å². The summed E-state index contributed by atoms with van der Waals surface area (Å²) in [6.45, 7) is 7.37. The number of likely N-dealkylation sites (tertiary alicyclic amines) is 1. The van der Waals surface area contributed by atoms with Crippen LogP contribution in [0.4, 0.5) is 0 Å². The van der Waals surface area contributed by atoms with Crippen molar-refractivity contribution in [2.45, 2.75) is 39.3 Å². The largest absolute Gasteiger partial charge is 0.493 e. The minimum Gasteiger partial charge on any atom is -0.493 e. The van der Waals surface area contributed by atoms with Gasteiger partial charge in [-0.2, -0.15) is 5.26 Å². The van der Waals surface area contributed by atoms with E-state index in [1.54, 1.807) is 23.6 Å². The smallest absolute Gasteiger partial charge is 0.336 e. The lowest BCUT2D eigenvalue weighted by Gasteiger charge is -2.30. The molecule has 2 N–H and O–H groups in total. The van der Waals surface area contributed by atoms with Crippen LogP contribution in [0.2, 0.25) is 5.02 Å². The van der Waals surface area contributed by atoms with Gasteiger partial charge in [0.1, 0.15) is 11.8 Å². The van der Waals surface area contributed by atoms with E-state index in [0.29, 0.717) is 40.1 Å². The monoisotopic (exact) mass is 431 g/mol. The van der Waals surface area contributed by atoms with Crippen LogP contribution in [0.3, 0.4) is 0 Å². The molecule has 0 spiro atoms. The first kappa shape index (κ1) is 19.8. The van der Waals surface area contributed by atoms with Crippen LogP contribution in [0.15, 0.2) is 16.9 Å². The van der Waals surface area contributed by atoms with Crippen LogP contribution < -0.4 is 11.0 Å². The van der Waals surface area contributed by atoms with Gasteiger partial charge < -0.3 is 15.3 Å². The maximum absolute atomic E-state index is 13.2. The summed E-state index contributed by atoms with van der Waals surface area (Å²) in [5.41, 5.74) is 1.67. The quantitative estimate of drug-likeness (QED) is 0.726. The molecule has 152 valence electrons. The third-order valence-corrected chi connectivity index (χ3v) is 6.57. The van der Waals surface area contributed by atoms with Crippen molar-refractivity contribution in [3.63, 3.8) is 0 Å². The van der Waals surface area contributed by atoms with Gasteiger partial charge in [-0.25, -0.2) is 9.36 Å². The zero-order chi connectivity index (χ0) is 21.0. The van der Waals surface area contributed by atoms with Crippen LogP contribution in [0.25, 0.3) is 5.69 Å². The molecular weight excluding hydrogens is 410 g/mol. The first-order chi connectivity index (χ1) is 13.8. The number of aromatic hydroxyl groups is 1. The van der Waals surface area contributed by atoms with Gasteiger partial charge in [0.15, 0.2) is 5.11 Å². The number of benzene rings is 1. The second-order valence-electron chi connectivity index (χ2n) is 8.02. The molecule has 2 aliphatic rings. The number of halogens is 1. The van der Waals surface area contributed by atoms with Crippen LogP contribution in [0, 0.1) is 24.2 Å². The first-order valence-corrected chi connectivity index (χ1v) is 10.3. The molecule has 9 heteroatoms. The highest BCUT2D eigenvalue weighted by Gasteiger charge is 2.48. The number of rotatable bonds is 3. The van der Waals surface area contributed by atoms with Crippen molar-refractivity contribution < 1.29 is 5.11 Å². The van der Waals surface area contributed by atoms with E-state index in [2.05, 4.69) is 24.1 Å². The predicted octanol–water partition coefficient (Wildman–Crippen LogP) is 3.01. The molecule has 2 atom stereocenters. The number of hydrogen-bond acceptors (Lipinski definition) is 4. The minimum absolute atomic E-state index is 0.0393. The Kier molecular flexibility index (Phi) is 4.83. The summed E-state index contributed by atoms with van der Waals surface area (Å²) in [4.78, 5) is 15.2. The SMILES string of the molecule is Cc1c(-n2c(O)c3n(c2=O)C2CC3N(C(=S)NCC(C)C)C2)ccc(C#N)c1Cl. The highest BCUT2D eigenvalue weighted by Crippen LogP contribution is 2.48. The number of fused-ring (bicyclic) bond motifs is 5. The summed E-state index contributed by atoms with van der Waals surface area (Å²) in [5, 5.41) is 24.4. The maximum atomic E-state index is 13.2. The standard InChI is InChI=1S/C20H22ClN5O2S/c1-10(2)8-23-19(29)24-9-13-6-15(24)17-18(27)26(20(28)25(13)17)14-5-4-12(7-22)16(21)11(14)3/h4-5,10,13,15,27H,6,8-9H2,1-3H3,(H,23,29). The summed E-state index contributed by atoms with van der Waals surface area (Å²) in [6.07, 6.45) is 0.746. The predicted molar refractivity (Wildman–Crippen MR) is 115 cm³/mol. The average molecular weight is 432 g/mol. The molecule has 0 aliphatic carbocycles. The van der Waals surface area contributed by atoms with Crippen molar-refractivity contribution in [3.05, 3.63) is 44.5 Å². The van der Waals surface area contributed by atoms with E-state index in [1.165, 1.54) is 4.57 Å². The van der Waals surface area contributed by atoms with E-state index in [0.717, 1.165) is 13.0 Å². The van der Waals surface area contributed by atoms with Crippen LogP contribution in [-0.2, 0) is 0 Å². The van der Waals surface area contributed by atoms with E-state index in [9.17, 15) is 9.90 Å². The fourth-order valence-electron chi connectivity index (χ4n) is 4.28. The summed E-state index contributed by atoms with van der Waals surface area (Å²) >= 11 is 11.8. The molecule has 29 heavy (non-hydrogen) atoms. The highest BCUT2D eigenvalue weighted by molar-refractivity contribution is 7.80. The van der Waals surface area contributed by atoms with Crippen molar-refractivity contribution in [2.24, 2.45) is 5.92 Å². The summed E-state index contributed by atoms with van der Waals surface area (Å²) in [6, 6.07) is 5.05. The van der Waals surface area contributed by atoms with Crippen LogP contribution in [-0.4, -0.2) is 37.3 Å². The second-order valence-corrected chi connectivity index (χ2v) is 8.78. The Labute approximate surface area is 179 Å². The third kappa shape index (κ3) is 2.92. The summed E-state index contributed by atoms with van der Waals surface area (Å²) in [7, 11) is 0. The molecule has 1 aromatic carbocycles. The summed E-state index contributed by atoms with van der Waals surface area (Å²) in [5.74, 6) is 0.368. The number of hydrogen-bond donors (Lipinski definition) is 2. The van der Waals surface area contributed by atoms with Gasteiger partial charge in [0, 0.05) is 13.1 Å². The lowest BCUT2D eigenvalue weighted by atomic mass is 10.1. The molecule has 2 unspecified atom stereocenters. The number of imidazole rings is 1. The maximum Gasteiger partial charge on any atom is 0.336 e. The van der Waals surface area contributed by atoms with Crippen molar-refractivity contribution >= 4 is 28.9 Å². The van der Waals surface area contributed by atoms with Crippen molar-refractivity contribution in [2.75, 3.05) is 13.1 Å². The average Bonchev–Trinajstić information content (AvgIpc) is 3.34. The van der Waals surface area contributed by atoms with Crippen molar-refractivity contribution in [1.82, 2.24) is 19.4 Å². The molecule has 1 fully saturated rings. The molecule has 2 aliphatic heterocycles. The van der Waals surface area contributed by atoms with Crippen molar-refractivity contribution in [3.8, 4) is 17.6 Å². The van der Waals surface area contributed by atoms with Gasteiger partial charge in [-0.3, -0.25) is 4.57 Å². The molecule has 1 aromatic heterocycles. The Morgan fingerprint density at radius 1 is 1.48 bits per heavy atom. The minimum atomic E-state index is -0.297. The van der Waals surface area contributed by atoms with Gasteiger partial charge in [-0.1, -0.05) is 25.4 Å². The number of aromatic nitrogens is 2. The van der Waals surface area contributed by atoms with E-state index < -0.39 is 0 Å². The lowest BCUT2D eigenvalue weighted by molar-refractivity contribution is 0.332. The number of thiocarbonyl (C=S) groups is 1. The third-order valence-electron chi connectivity index (χ3n) is 5.70. The van der Waals surface area contributed by atoms with Crippen LogP contribution in [0.5, 0.6) is 5.88 Å². The second kappa shape index (κ2) is 7.08. The molecule has 2 aromatic rings. The van der Waals surface area contributed by atoms with Gasteiger partial charge in [-0.15, -0.1) is 0 Å². The molecule has 0 amide bonds. The first-order valence-electron chi connectivity index (χ1n) is 9.56. The zero-order valence-electron chi connectivity index (χ0n) is 16.4. The Hall–Kier alpha value is -2.50. The highest BCUT2D eigenvalue weighted by atomic mass is 35.5. The molecule has 2 bridgehead atoms. The Morgan fingerprint density at radius 3 is 2.86 bits per heavy atom. The number of nitriles is 1. The number of nitrogens with zero attached hydrogens (tertiary/aromatic N) is 4. The fourth-order valence-corrected chi connectivity index (χ4v) is 4.77. The Morgan fingerprint density at radius 2 is 2.21 bits per heavy atom. The van der Waals surface area contributed by atoms with E-state index in [4.69, 9.17) is 29.1 Å². The molecular formula is C20H22ClN5O2S. The molecule has 0 saturated carbocycles. The van der Waals surface area contributed by atoms with Gasteiger partial charge in [-0.05, 0) is 49.2 Å². The topological polar surface area (TPSA) is 86.2 Å². The lowest BCUT2D eigenvalue weighted by Crippen LogP contribution is -2.44. The fraction of sp³-hybridized carbons (Fsp3) is 0.450. The van der Waals surface area contributed by atoms with Gasteiger partial charge in [0.25, 0.3) is 0 Å². The zero-order valence-corrected chi connectivity index (χ0v) is 18.0. The van der Waals surface area contributed by atoms with Crippen LogP contribution >= 0.6 is 23.8 Å². The molecule has 4 rings (SSSR count).